The molecule has 6 heteroatoms. The molecule has 0 amide bonds. The first-order valence-corrected chi connectivity index (χ1v) is 7.04. The van der Waals surface area contributed by atoms with Gasteiger partial charge in [0.1, 0.15) is 17.1 Å². The number of hydrogen-bond donors (Lipinski definition) is 1. The molecule has 2 aromatic rings. The highest BCUT2D eigenvalue weighted by atomic mass is 79.9. The number of aromatic nitrogens is 1. The van der Waals surface area contributed by atoms with Crippen molar-refractivity contribution < 1.29 is 19.0 Å². The number of hydrogen-bond acceptors (Lipinski definition) is 3. The lowest BCUT2D eigenvalue weighted by molar-refractivity contribution is 0.0692. The summed E-state index contributed by atoms with van der Waals surface area (Å²) in [6.07, 6.45) is 0.926. The van der Waals surface area contributed by atoms with Gasteiger partial charge < -0.3 is 9.84 Å². The number of nitrogens with zero attached hydrogens (tertiary/aromatic N) is 1. The first-order valence-electron chi connectivity index (χ1n) is 6.24. The van der Waals surface area contributed by atoms with Gasteiger partial charge in [0.2, 0.25) is 5.88 Å². The highest BCUT2D eigenvalue weighted by molar-refractivity contribution is 9.10. The fraction of sp³-hybridized carbons (Fsp3) is 0.200. The van der Waals surface area contributed by atoms with Crippen molar-refractivity contribution in [2.45, 2.75) is 19.8 Å². The van der Waals surface area contributed by atoms with Crippen LogP contribution >= 0.6 is 15.9 Å². The number of aromatic carboxylic acids is 1. The molecule has 0 aliphatic heterocycles. The average Bonchev–Trinajstić information content (AvgIpc) is 2.42. The molecule has 0 saturated carbocycles. The molecule has 110 valence electrons. The van der Waals surface area contributed by atoms with Gasteiger partial charge in [0.15, 0.2) is 0 Å². The van der Waals surface area contributed by atoms with Gasteiger partial charge in [-0.15, -0.1) is 0 Å². The molecule has 4 nitrogen and oxygen atoms in total. The van der Waals surface area contributed by atoms with E-state index in [9.17, 15) is 9.18 Å². The van der Waals surface area contributed by atoms with E-state index in [0.717, 1.165) is 22.3 Å². The molecule has 2 rings (SSSR count). The Balaban J connectivity index is 2.46. The van der Waals surface area contributed by atoms with E-state index in [1.54, 1.807) is 12.1 Å². The maximum atomic E-state index is 13.1. The number of pyridine rings is 1. The van der Waals surface area contributed by atoms with Crippen molar-refractivity contribution in [3.63, 3.8) is 0 Å². The smallest absolute Gasteiger partial charge is 0.341 e. The molecule has 0 bridgehead atoms. The van der Waals surface area contributed by atoms with E-state index in [-0.39, 0.29) is 17.4 Å². The summed E-state index contributed by atoms with van der Waals surface area (Å²) in [5.41, 5.74) is 0.583. The van der Waals surface area contributed by atoms with Crippen LogP contribution in [0.3, 0.4) is 0 Å². The second-order valence-electron chi connectivity index (χ2n) is 4.75. The van der Waals surface area contributed by atoms with E-state index in [2.05, 4.69) is 20.9 Å². The van der Waals surface area contributed by atoms with Gasteiger partial charge in [0.25, 0.3) is 0 Å². The number of carbonyl (C=O) groups is 1. The van der Waals surface area contributed by atoms with Crippen molar-refractivity contribution in [3.05, 3.63) is 51.9 Å². The van der Waals surface area contributed by atoms with Crippen molar-refractivity contribution in [2.24, 2.45) is 0 Å². The quantitative estimate of drug-likeness (QED) is 0.872. The van der Waals surface area contributed by atoms with Crippen molar-refractivity contribution >= 4 is 21.9 Å². The molecule has 1 N–H and O–H groups in total. The van der Waals surface area contributed by atoms with E-state index in [1.807, 2.05) is 19.9 Å². The number of halogens is 2. The molecular weight excluding hydrogens is 341 g/mol. The third kappa shape index (κ3) is 3.58. The Morgan fingerprint density at radius 3 is 2.71 bits per heavy atom. The lowest BCUT2D eigenvalue weighted by Crippen LogP contribution is -2.04. The summed E-state index contributed by atoms with van der Waals surface area (Å²) in [5, 5.41) is 9.10. The summed E-state index contributed by atoms with van der Waals surface area (Å²) in [6, 6.07) is 6.28. The third-order valence-electron chi connectivity index (χ3n) is 2.85. The Bertz CT molecular complexity index is 689. The monoisotopic (exact) mass is 353 g/mol. The Labute approximate surface area is 129 Å². The Morgan fingerprint density at radius 2 is 2.10 bits per heavy atom. The molecule has 0 aliphatic carbocycles. The largest absolute Gasteiger partial charge is 0.477 e. The minimum Gasteiger partial charge on any atom is -0.477 e. The van der Waals surface area contributed by atoms with Gasteiger partial charge >= 0.3 is 5.97 Å². The summed E-state index contributed by atoms with van der Waals surface area (Å²) < 4.78 is 19.6. The van der Waals surface area contributed by atoms with E-state index < -0.39 is 11.8 Å². The molecule has 0 aliphatic rings. The van der Waals surface area contributed by atoms with Crippen LogP contribution in [0.15, 0.2) is 34.9 Å². The number of rotatable bonds is 4. The van der Waals surface area contributed by atoms with Gasteiger partial charge in [-0.1, -0.05) is 29.8 Å². The van der Waals surface area contributed by atoms with E-state index >= 15 is 0 Å². The Kier molecular flexibility index (Phi) is 4.57. The van der Waals surface area contributed by atoms with Crippen LogP contribution in [0.2, 0.25) is 0 Å². The van der Waals surface area contributed by atoms with Crippen LogP contribution in [0.1, 0.15) is 35.7 Å². The van der Waals surface area contributed by atoms with Crippen molar-refractivity contribution in [2.75, 3.05) is 0 Å². The highest BCUT2D eigenvalue weighted by Gasteiger charge is 2.17. The molecule has 0 fully saturated rings. The van der Waals surface area contributed by atoms with Gasteiger partial charge in [0, 0.05) is 4.47 Å². The van der Waals surface area contributed by atoms with Crippen LogP contribution in [0.5, 0.6) is 11.6 Å². The van der Waals surface area contributed by atoms with Crippen LogP contribution in [-0.2, 0) is 0 Å². The predicted molar refractivity (Wildman–Crippen MR) is 79.5 cm³/mol. The lowest BCUT2D eigenvalue weighted by Gasteiger charge is -2.14. The maximum Gasteiger partial charge on any atom is 0.341 e. The lowest BCUT2D eigenvalue weighted by atomic mass is 10.0. The van der Waals surface area contributed by atoms with Crippen molar-refractivity contribution in [1.29, 1.82) is 0 Å². The molecular formula is C15H13BrFNO3. The van der Waals surface area contributed by atoms with Gasteiger partial charge in [-0.05, 0) is 35.7 Å². The first kappa shape index (κ1) is 15.4. The molecule has 1 aromatic heterocycles. The number of benzene rings is 1. The summed E-state index contributed by atoms with van der Waals surface area (Å²) in [5.74, 6) is -1.48. The minimum atomic E-state index is -1.29. The molecule has 0 atom stereocenters. The van der Waals surface area contributed by atoms with Crippen LogP contribution < -0.4 is 4.74 Å². The Hall–Kier alpha value is -1.95. The minimum absolute atomic E-state index is 0.131. The zero-order chi connectivity index (χ0) is 15.6. The number of ether oxygens (including phenoxy) is 1. The van der Waals surface area contributed by atoms with Crippen LogP contribution in [-0.4, -0.2) is 16.1 Å². The molecule has 0 saturated heterocycles. The molecule has 1 aromatic carbocycles. The fourth-order valence-electron chi connectivity index (χ4n) is 1.83. The standard InChI is InChI=1S/C15H13BrFNO3/c1-8(2)11-5-9(16)3-4-13(11)21-14-12(15(19)20)6-10(17)7-18-14/h3-8H,1-2H3,(H,19,20). The second kappa shape index (κ2) is 6.22. The topological polar surface area (TPSA) is 59.4 Å². The molecule has 21 heavy (non-hydrogen) atoms. The SMILES string of the molecule is CC(C)c1cc(Br)ccc1Oc1ncc(F)cc1C(=O)O. The van der Waals surface area contributed by atoms with Gasteiger partial charge in [0.05, 0.1) is 6.20 Å². The van der Waals surface area contributed by atoms with Gasteiger partial charge in [-0.3, -0.25) is 0 Å². The molecule has 1 heterocycles. The zero-order valence-electron chi connectivity index (χ0n) is 11.4. The summed E-state index contributed by atoms with van der Waals surface area (Å²) >= 11 is 3.38. The number of carboxylic acids is 1. The molecule has 0 radical (unpaired) electrons. The van der Waals surface area contributed by atoms with Gasteiger partial charge in [-0.25, -0.2) is 14.2 Å². The highest BCUT2D eigenvalue weighted by Crippen LogP contribution is 2.33. The molecule has 0 spiro atoms. The Morgan fingerprint density at radius 1 is 1.38 bits per heavy atom. The summed E-state index contributed by atoms with van der Waals surface area (Å²) in [6.45, 7) is 3.98. The van der Waals surface area contributed by atoms with Crippen molar-refractivity contribution in [3.8, 4) is 11.6 Å². The van der Waals surface area contributed by atoms with Crippen LogP contribution in [0.4, 0.5) is 4.39 Å². The predicted octanol–water partition coefficient (Wildman–Crippen LogP) is 4.60. The third-order valence-corrected chi connectivity index (χ3v) is 3.34. The summed E-state index contributed by atoms with van der Waals surface area (Å²) in [4.78, 5) is 14.9. The zero-order valence-corrected chi connectivity index (χ0v) is 13.0. The fourth-order valence-corrected chi connectivity index (χ4v) is 2.21. The number of carboxylic acid groups (broad SMARTS) is 1. The summed E-state index contributed by atoms with van der Waals surface area (Å²) in [7, 11) is 0. The normalized spacial score (nSPS) is 10.7. The van der Waals surface area contributed by atoms with Gasteiger partial charge in [-0.2, -0.15) is 0 Å². The average molecular weight is 354 g/mol. The van der Waals surface area contributed by atoms with Crippen molar-refractivity contribution in [1.82, 2.24) is 4.98 Å². The first-order chi connectivity index (χ1) is 9.88. The molecule has 0 unspecified atom stereocenters. The van der Waals surface area contributed by atoms with Crippen LogP contribution in [0, 0.1) is 5.82 Å². The van der Waals surface area contributed by atoms with Crippen LogP contribution in [0.25, 0.3) is 0 Å². The van der Waals surface area contributed by atoms with E-state index in [4.69, 9.17) is 9.84 Å². The maximum absolute atomic E-state index is 13.1. The van der Waals surface area contributed by atoms with E-state index in [0.29, 0.717) is 5.75 Å². The second-order valence-corrected chi connectivity index (χ2v) is 5.67. The van der Waals surface area contributed by atoms with E-state index in [1.165, 1.54) is 0 Å².